The van der Waals surface area contributed by atoms with Crippen molar-refractivity contribution in [3.05, 3.63) is 35.4 Å². The lowest BCUT2D eigenvalue weighted by molar-refractivity contribution is -0.122. The van der Waals surface area contributed by atoms with E-state index in [4.69, 9.17) is 16.2 Å². The maximum atomic E-state index is 11.4. The molecule has 1 aromatic rings. The van der Waals surface area contributed by atoms with Crippen LogP contribution >= 0.6 is 0 Å². The number of hydrogen-bond donors (Lipinski definition) is 3. The summed E-state index contributed by atoms with van der Waals surface area (Å²) < 4.78 is 5.91. The lowest BCUT2D eigenvalue weighted by Gasteiger charge is -2.35. The number of carbonyl (C=O) groups excluding carboxylic acids is 3. The van der Waals surface area contributed by atoms with Gasteiger partial charge in [-0.05, 0) is 49.1 Å². The van der Waals surface area contributed by atoms with Crippen molar-refractivity contribution < 1.29 is 19.1 Å². The molecule has 0 unspecified atom stereocenters. The first-order valence-electron chi connectivity index (χ1n) is 9.78. The lowest BCUT2D eigenvalue weighted by Crippen LogP contribution is -2.42. The van der Waals surface area contributed by atoms with Crippen molar-refractivity contribution in [3.8, 4) is 0 Å². The second-order valence-corrected chi connectivity index (χ2v) is 7.77. The first-order valence-corrected chi connectivity index (χ1v) is 9.78. The highest BCUT2D eigenvalue weighted by molar-refractivity contribution is 5.75. The molecular formula is C21H31N3O4. The van der Waals surface area contributed by atoms with Crippen molar-refractivity contribution >= 4 is 17.7 Å². The zero-order valence-corrected chi connectivity index (χ0v) is 16.6. The van der Waals surface area contributed by atoms with Gasteiger partial charge >= 0.3 is 0 Å². The van der Waals surface area contributed by atoms with Crippen LogP contribution in [0, 0.1) is 5.92 Å². The van der Waals surface area contributed by atoms with Crippen LogP contribution in [0.1, 0.15) is 63.0 Å². The molecule has 0 radical (unpaired) electrons. The summed E-state index contributed by atoms with van der Waals surface area (Å²) in [4.78, 5) is 33.4. The quantitative estimate of drug-likeness (QED) is 0.533. The Balaban J connectivity index is 1.81. The van der Waals surface area contributed by atoms with Crippen LogP contribution in [0.25, 0.3) is 0 Å². The van der Waals surface area contributed by atoms with Crippen LogP contribution in [0.5, 0.6) is 0 Å². The van der Waals surface area contributed by atoms with Crippen LogP contribution < -0.4 is 16.8 Å². The molecule has 28 heavy (non-hydrogen) atoms. The average Bonchev–Trinajstić information content (AvgIpc) is 2.59. The minimum atomic E-state index is -0.396. The fourth-order valence-electron chi connectivity index (χ4n) is 3.67. The fraction of sp³-hybridized carbons (Fsp3) is 0.571. The Morgan fingerprint density at radius 1 is 1.14 bits per heavy atom. The van der Waals surface area contributed by atoms with E-state index in [0.29, 0.717) is 31.3 Å². The molecule has 2 atom stereocenters. The van der Waals surface area contributed by atoms with E-state index in [2.05, 4.69) is 17.4 Å². The van der Waals surface area contributed by atoms with Gasteiger partial charge in [0.25, 0.3) is 0 Å². The Hall–Kier alpha value is -2.41. The first-order chi connectivity index (χ1) is 13.2. The topological polar surface area (TPSA) is 125 Å². The lowest BCUT2D eigenvalue weighted by atomic mass is 9.70. The van der Waals surface area contributed by atoms with E-state index >= 15 is 0 Å². The van der Waals surface area contributed by atoms with Crippen molar-refractivity contribution in [2.24, 2.45) is 17.4 Å². The third kappa shape index (κ3) is 6.96. The zero-order chi connectivity index (χ0) is 20.7. The third-order valence-corrected chi connectivity index (χ3v) is 5.35. The molecule has 1 aromatic carbocycles. The molecule has 7 heteroatoms. The molecule has 1 aliphatic carbocycles. The Bertz CT molecular complexity index is 683. The van der Waals surface area contributed by atoms with E-state index in [1.165, 1.54) is 12.5 Å². The summed E-state index contributed by atoms with van der Waals surface area (Å²) in [6.07, 6.45) is 2.90. The highest BCUT2D eigenvalue weighted by Gasteiger charge is 2.31. The van der Waals surface area contributed by atoms with Gasteiger partial charge < -0.3 is 21.5 Å². The maximum absolute atomic E-state index is 11.4. The second kappa shape index (κ2) is 10.2. The van der Waals surface area contributed by atoms with E-state index in [-0.39, 0.29) is 30.4 Å². The summed E-state index contributed by atoms with van der Waals surface area (Å²) in [6.45, 7) is 3.74. The Morgan fingerprint density at radius 2 is 1.79 bits per heavy atom. The molecule has 0 saturated heterocycles. The predicted octanol–water partition coefficient (Wildman–Crippen LogP) is 1.73. The number of hydrogen-bond acceptors (Lipinski definition) is 4. The highest BCUT2D eigenvalue weighted by Crippen LogP contribution is 2.43. The van der Waals surface area contributed by atoms with Crippen LogP contribution in [-0.2, 0) is 25.7 Å². The molecule has 3 amide bonds. The standard InChI is InChI=1S/C21H31N3O4/c1-13(19(24-14(2)25)7-8-20(22)26)28-12-15-3-5-17(6-4-15)18-9-16(10-18)11-21(23)27/h3-6,13,16,18-19H,7-12H2,1-2H3,(H2,22,26)(H2,23,27)(H,24,25)/t13-,16?,18?,19+/m1/s1. The molecule has 0 aliphatic heterocycles. The summed E-state index contributed by atoms with van der Waals surface area (Å²) in [5, 5.41) is 2.82. The molecule has 0 spiro atoms. The number of amides is 3. The number of benzene rings is 1. The van der Waals surface area contributed by atoms with E-state index in [1.807, 2.05) is 19.1 Å². The normalized spacial score (nSPS) is 20.6. The second-order valence-electron chi connectivity index (χ2n) is 7.77. The first kappa shape index (κ1) is 21.9. The molecule has 5 N–H and O–H groups in total. The van der Waals surface area contributed by atoms with Gasteiger partial charge in [-0.15, -0.1) is 0 Å². The number of carbonyl (C=O) groups is 3. The van der Waals surface area contributed by atoms with Crippen LogP contribution in [-0.4, -0.2) is 29.9 Å². The highest BCUT2D eigenvalue weighted by atomic mass is 16.5. The SMILES string of the molecule is CC(=O)N[C@@H](CCC(N)=O)[C@@H](C)OCc1ccc(C2CC(CC(N)=O)C2)cc1. The minimum Gasteiger partial charge on any atom is -0.372 e. The monoisotopic (exact) mass is 389 g/mol. The molecule has 1 aliphatic rings. The van der Waals surface area contributed by atoms with Crippen molar-refractivity contribution in [2.75, 3.05) is 0 Å². The van der Waals surface area contributed by atoms with Crippen molar-refractivity contribution in [1.29, 1.82) is 0 Å². The van der Waals surface area contributed by atoms with Crippen molar-refractivity contribution in [2.45, 2.75) is 70.6 Å². The van der Waals surface area contributed by atoms with Gasteiger partial charge in [-0.1, -0.05) is 24.3 Å². The van der Waals surface area contributed by atoms with Crippen LogP contribution in [0.3, 0.4) is 0 Å². The summed E-state index contributed by atoms with van der Waals surface area (Å²) in [5.41, 5.74) is 12.8. The Morgan fingerprint density at radius 3 is 2.32 bits per heavy atom. The number of primary amides is 2. The molecule has 2 rings (SSSR count). The van der Waals surface area contributed by atoms with E-state index in [9.17, 15) is 14.4 Å². The Labute approximate surface area is 166 Å². The van der Waals surface area contributed by atoms with Crippen molar-refractivity contribution in [1.82, 2.24) is 5.32 Å². The molecule has 0 bridgehead atoms. The van der Waals surface area contributed by atoms with E-state index in [1.54, 1.807) is 0 Å². The average molecular weight is 389 g/mol. The zero-order valence-electron chi connectivity index (χ0n) is 16.6. The van der Waals surface area contributed by atoms with Crippen molar-refractivity contribution in [3.63, 3.8) is 0 Å². The van der Waals surface area contributed by atoms with Gasteiger partial charge in [-0.3, -0.25) is 14.4 Å². The largest absolute Gasteiger partial charge is 0.372 e. The number of nitrogens with one attached hydrogen (secondary N) is 1. The predicted molar refractivity (Wildman–Crippen MR) is 106 cm³/mol. The molecule has 7 nitrogen and oxygen atoms in total. The summed E-state index contributed by atoms with van der Waals surface area (Å²) in [5.74, 6) is 0.128. The molecule has 0 heterocycles. The number of rotatable bonds is 11. The Kier molecular flexibility index (Phi) is 7.99. The van der Waals surface area contributed by atoms with E-state index in [0.717, 1.165) is 18.4 Å². The summed E-state index contributed by atoms with van der Waals surface area (Å²) >= 11 is 0. The van der Waals surface area contributed by atoms with Gasteiger partial charge in [0.1, 0.15) is 0 Å². The van der Waals surface area contributed by atoms with Crippen LogP contribution in [0.2, 0.25) is 0 Å². The fourth-order valence-corrected chi connectivity index (χ4v) is 3.67. The van der Waals surface area contributed by atoms with Crippen LogP contribution in [0.15, 0.2) is 24.3 Å². The van der Waals surface area contributed by atoms with Gasteiger partial charge in [0.05, 0.1) is 18.8 Å². The van der Waals surface area contributed by atoms with E-state index < -0.39 is 5.91 Å². The summed E-state index contributed by atoms with van der Waals surface area (Å²) in [7, 11) is 0. The van der Waals surface area contributed by atoms with Crippen LogP contribution in [0.4, 0.5) is 0 Å². The molecule has 1 fully saturated rings. The number of nitrogens with two attached hydrogens (primary N) is 2. The maximum Gasteiger partial charge on any atom is 0.217 e. The minimum absolute atomic E-state index is 0.163. The molecule has 1 saturated carbocycles. The third-order valence-electron chi connectivity index (χ3n) is 5.35. The smallest absolute Gasteiger partial charge is 0.217 e. The molecule has 0 aromatic heterocycles. The van der Waals surface area contributed by atoms with Gasteiger partial charge in [0.15, 0.2) is 0 Å². The van der Waals surface area contributed by atoms with Gasteiger partial charge in [-0.2, -0.15) is 0 Å². The van der Waals surface area contributed by atoms with Gasteiger partial charge in [-0.25, -0.2) is 0 Å². The molecule has 154 valence electrons. The summed E-state index contributed by atoms with van der Waals surface area (Å²) in [6, 6.07) is 8.03. The number of ether oxygens (including phenoxy) is 1. The van der Waals surface area contributed by atoms with Gasteiger partial charge in [0, 0.05) is 19.8 Å². The van der Waals surface area contributed by atoms with Gasteiger partial charge in [0.2, 0.25) is 17.7 Å². The molecular weight excluding hydrogens is 358 g/mol.